The first-order chi connectivity index (χ1) is 15.7. The summed E-state index contributed by atoms with van der Waals surface area (Å²) >= 11 is 0. The summed E-state index contributed by atoms with van der Waals surface area (Å²) in [6.07, 6.45) is 3.19. The molecular formula is C27H34N2O4. The molecule has 0 aromatic heterocycles. The zero-order valence-corrected chi connectivity index (χ0v) is 19.8. The number of hydrogen-bond donors (Lipinski definition) is 1. The Morgan fingerprint density at radius 1 is 1.18 bits per heavy atom. The fraction of sp³-hybridized carbons (Fsp3) is 0.407. The monoisotopic (exact) mass is 450 g/mol. The van der Waals surface area contributed by atoms with Crippen molar-refractivity contribution in [1.29, 1.82) is 0 Å². The number of hydrogen-bond acceptors (Lipinski definition) is 4. The molecule has 0 spiro atoms. The van der Waals surface area contributed by atoms with Crippen molar-refractivity contribution in [2.75, 3.05) is 13.1 Å². The summed E-state index contributed by atoms with van der Waals surface area (Å²) in [7, 11) is 0. The molecule has 2 aromatic carbocycles. The quantitative estimate of drug-likeness (QED) is 0.647. The molecule has 0 bridgehead atoms. The Labute approximate surface area is 196 Å². The van der Waals surface area contributed by atoms with E-state index >= 15 is 0 Å². The van der Waals surface area contributed by atoms with E-state index in [-0.39, 0.29) is 18.4 Å². The zero-order chi connectivity index (χ0) is 23.8. The number of carbonyl (C=O) groups is 2. The van der Waals surface area contributed by atoms with Gasteiger partial charge in [0.2, 0.25) is 5.91 Å². The van der Waals surface area contributed by atoms with Crippen molar-refractivity contribution in [1.82, 2.24) is 10.2 Å². The van der Waals surface area contributed by atoms with Crippen molar-refractivity contribution >= 4 is 18.1 Å². The number of amides is 2. The number of carbonyl (C=O) groups excluding carboxylic acids is 2. The summed E-state index contributed by atoms with van der Waals surface area (Å²) < 4.78 is 11.4. The topological polar surface area (TPSA) is 67.9 Å². The third kappa shape index (κ3) is 7.67. The Kier molecular flexibility index (Phi) is 8.15. The largest absolute Gasteiger partial charge is 0.489 e. The van der Waals surface area contributed by atoms with Crippen LogP contribution in [0.5, 0.6) is 5.75 Å². The van der Waals surface area contributed by atoms with E-state index in [9.17, 15) is 9.59 Å². The number of likely N-dealkylation sites (tertiary alicyclic amines) is 1. The molecule has 1 atom stereocenters. The van der Waals surface area contributed by atoms with Gasteiger partial charge in [-0.25, -0.2) is 4.79 Å². The molecule has 176 valence electrons. The van der Waals surface area contributed by atoms with E-state index in [4.69, 9.17) is 9.47 Å². The first kappa shape index (κ1) is 24.4. The lowest BCUT2D eigenvalue weighted by molar-refractivity contribution is -0.131. The van der Waals surface area contributed by atoms with Gasteiger partial charge in [-0.1, -0.05) is 49.1 Å². The minimum absolute atomic E-state index is 0.0106. The highest BCUT2D eigenvalue weighted by atomic mass is 16.6. The van der Waals surface area contributed by atoms with Crippen LogP contribution in [0.1, 0.15) is 50.3 Å². The van der Waals surface area contributed by atoms with Crippen LogP contribution in [0.3, 0.4) is 0 Å². The van der Waals surface area contributed by atoms with Crippen LogP contribution < -0.4 is 10.1 Å². The maximum absolute atomic E-state index is 13.2. The molecule has 1 saturated heterocycles. The van der Waals surface area contributed by atoms with Gasteiger partial charge in [-0.05, 0) is 56.9 Å². The second-order valence-electron chi connectivity index (χ2n) is 9.35. The van der Waals surface area contributed by atoms with Gasteiger partial charge in [-0.2, -0.15) is 0 Å². The third-order valence-electron chi connectivity index (χ3n) is 5.39. The summed E-state index contributed by atoms with van der Waals surface area (Å²) in [6.45, 7) is 10.9. The van der Waals surface area contributed by atoms with E-state index in [1.165, 1.54) is 0 Å². The van der Waals surface area contributed by atoms with Crippen molar-refractivity contribution in [3.05, 3.63) is 71.8 Å². The van der Waals surface area contributed by atoms with Crippen LogP contribution in [0.4, 0.5) is 4.79 Å². The second kappa shape index (κ2) is 11.0. The number of nitrogens with zero attached hydrogens (tertiary/aromatic N) is 1. The molecule has 2 aromatic rings. The number of benzene rings is 2. The van der Waals surface area contributed by atoms with E-state index in [1.54, 1.807) is 6.08 Å². The SMILES string of the molecule is C=Cc1ccc(OCc2ccccc2)c(CC(=O)N2CCC[C@H](NC(=O)OC(C)(C)C)C2)c1. The van der Waals surface area contributed by atoms with Gasteiger partial charge in [0, 0.05) is 24.7 Å². The second-order valence-corrected chi connectivity index (χ2v) is 9.35. The summed E-state index contributed by atoms with van der Waals surface area (Å²) in [4.78, 5) is 27.1. The highest BCUT2D eigenvalue weighted by Gasteiger charge is 2.27. The first-order valence-electron chi connectivity index (χ1n) is 11.4. The molecule has 2 amide bonds. The maximum Gasteiger partial charge on any atom is 0.407 e. The lowest BCUT2D eigenvalue weighted by atomic mass is 10.0. The Morgan fingerprint density at radius 3 is 2.64 bits per heavy atom. The summed E-state index contributed by atoms with van der Waals surface area (Å²) in [5, 5.41) is 2.90. The zero-order valence-electron chi connectivity index (χ0n) is 19.8. The Morgan fingerprint density at radius 2 is 1.94 bits per heavy atom. The summed E-state index contributed by atoms with van der Waals surface area (Å²) in [5.41, 5.74) is 2.28. The molecule has 3 rings (SSSR count). The van der Waals surface area contributed by atoms with Crippen LogP contribution in [-0.2, 0) is 22.6 Å². The van der Waals surface area contributed by atoms with Crippen molar-refractivity contribution in [2.24, 2.45) is 0 Å². The maximum atomic E-state index is 13.2. The number of piperidine rings is 1. The van der Waals surface area contributed by atoms with Gasteiger partial charge in [0.1, 0.15) is 18.0 Å². The van der Waals surface area contributed by atoms with E-state index in [0.29, 0.717) is 25.4 Å². The molecule has 1 aliphatic heterocycles. The van der Waals surface area contributed by atoms with Crippen LogP contribution >= 0.6 is 0 Å². The van der Waals surface area contributed by atoms with E-state index in [2.05, 4.69) is 11.9 Å². The summed E-state index contributed by atoms with van der Waals surface area (Å²) in [6, 6.07) is 15.6. The van der Waals surface area contributed by atoms with Crippen LogP contribution in [0.2, 0.25) is 0 Å². The minimum atomic E-state index is -0.555. The van der Waals surface area contributed by atoms with Gasteiger partial charge >= 0.3 is 6.09 Å². The molecule has 1 fully saturated rings. The predicted octanol–water partition coefficient (Wildman–Crippen LogP) is 4.97. The van der Waals surface area contributed by atoms with Crippen LogP contribution in [0.25, 0.3) is 6.08 Å². The van der Waals surface area contributed by atoms with Gasteiger partial charge in [0.25, 0.3) is 0 Å². The Balaban J connectivity index is 1.64. The molecule has 6 heteroatoms. The number of rotatable bonds is 7. The first-order valence-corrected chi connectivity index (χ1v) is 11.4. The van der Waals surface area contributed by atoms with Gasteiger partial charge in [-0.3, -0.25) is 4.79 Å². The minimum Gasteiger partial charge on any atom is -0.489 e. The predicted molar refractivity (Wildman–Crippen MR) is 130 cm³/mol. The van der Waals surface area contributed by atoms with Crippen LogP contribution in [0, 0.1) is 0 Å². The van der Waals surface area contributed by atoms with E-state index in [1.807, 2.05) is 74.2 Å². The standard InChI is InChI=1S/C27H34N2O4/c1-5-20-13-14-24(32-19-21-10-7-6-8-11-21)22(16-20)17-25(30)29-15-9-12-23(18-29)28-26(31)33-27(2,3)4/h5-8,10-11,13-14,16,23H,1,9,12,15,17-19H2,2-4H3,(H,28,31)/t23-/m0/s1. The molecule has 0 radical (unpaired) electrons. The molecule has 6 nitrogen and oxygen atoms in total. The van der Waals surface area contributed by atoms with Crippen molar-refractivity contribution in [3.63, 3.8) is 0 Å². The van der Waals surface area contributed by atoms with E-state index in [0.717, 1.165) is 29.5 Å². The Hall–Kier alpha value is -3.28. The molecule has 0 unspecified atom stereocenters. The number of alkyl carbamates (subject to hydrolysis) is 1. The summed E-state index contributed by atoms with van der Waals surface area (Å²) in [5.74, 6) is 0.703. The number of ether oxygens (including phenoxy) is 2. The van der Waals surface area contributed by atoms with Crippen molar-refractivity contribution < 1.29 is 19.1 Å². The lowest BCUT2D eigenvalue weighted by Crippen LogP contribution is -2.50. The third-order valence-corrected chi connectivity index (χ3v) is 5.39. The average Bonchev–Trinajstić information content (AvgIpc) is 2.77. The highest BCUT2D eigenvalue weighted by molar-refractivity contribution is 5.80. The smallest absolute Gasteiger partial charge is 0.407 e. The lowest BCUT2D eigenvalue weighted by Gasteiger charge is -2.33. The van der Waals surface area contributed by atoms with E-state index < -0.39 is 11.7 Å². The molecule has 0 aliphatic carbocycles. The van der Waals surface area contributed by atoms with Crippen LogP contribution in [0.15, 0.2) is 55.1 Å². The van der Waals surface area contributed by atoms with Gasteiger partial charge in [-0.15, -0.1) is 0 Å². The molecule has 0 saturated carbocycles. The van der Waals surface area contributed by atoms with Crippen molar-refractivity contribution in [3.8, 4) is 5.75 Å². The fourth-order valence-corrected chi connectivity index (χ4v) is 3.81. The van der Waals surface area contributed by atoms with Gasteiger partial charge in [0.15, 0.2) is 0 Å². The molecule has 33 heavy (non-hydrogen) atoms. The van der Waals surface area contributed by atoms with Gasteiger partial charge < -0.3 is 19.7 Å². The molecule has 1 aliphatic rings. The normalized spacial score (nSPS) is 16.1. The average molecular weight is 451 g/mol. The Bertz CT molecular complexity index is 966. The van der Waals surface area contributed by atoms with Gasteiger partial charge in [0.05, 0.1) is 6.42 Å². The molecular weight excluding hydrogens is 416 g/mol. The van der Waals surface area contributed by atoms with Crippen molar-refractivity contribution in [2.45, 2.75) is 58.3 Å². The highest BCUT2D eigenvalue weighted by Crippen LogP contribution is 2.24. The number of nitrogens with one attached hydrogen (secondary N) is 1. The fourth-order valence-electron chi connectivity index (χ4n) is 3.81. The molecule has 1 N–H and O–H groups in total. The van der Waals surface area contributed by atoms with Crippen LogP contribution in [-0.4, -0.2) is 41.6 Å². The molecule has 1 heterocycles.